The second-order valence-corrected chi connectivity index (χ2v) is 10.4. The molecule has 1 aliphatic rings. The number of nitro groups is 1. The minimum absolute atomic E-state index is 0.00740. The minimum Gasteiger partial charge on any atom is -0.361 e. The van der Waals surface area contributed by atoms with Gasteiger partial charge in [-0.3, -0.25) is 24.5 Å². The Labute approximate surface area is 235 Å². The zero-order chi connectivity index (χ0) is 27.0. The SMILES string of the molecule is O=C1CC(N(CCc2c[nH]c3ccccc23)C(=O)c2ccc(Cl)c([N+](=O)[O-])c2)C(=O)N1c1ccc(I)cc1. The number of rotatable bonds is 7. The molecule has 4 aromatic rings. The van der Waals surface area contributed by atoms with Crippen LogP contribution in [0.25, 0.3) is 10.9 Å². The quantitative estimate of drug-likeness (QED) is 0.126. The van der Waals surface area contributed by atoms with Crippen LogP contribution >= 0.6 is 34.2 Å². The number of nitro benzene ring substituents is 1. The number of imide groups is 1. The van der Waals surface area contributed by atoms with Crippen molar-refractivity contribution in [2.45, 2.75) is 18.9 Å². The smallest absolute Gasteiger partial charge is 0.288 e. The molecule has 3 amide bonds. The molecule has 0 aliphatic carbocycles. The summed E-state index contributed by atoms with van der Waals surface area (Å²) in [5.41, 5.74) is 1.89. The largest absolute Gasteiger partial charge is 0.361 e. The highest BCUT2D eigenvalue weighted by Gasteiger charge is 2.44. The van der Waals surface area contributed by atoms with Crippen molar-refractivity contribution in [1.29, 1.82) is 0 Å². The van der Waals surface area contributed by atoms with Crippen LogP contribution < -0.4 is 4.90 Å². The van der Waals surface area contributed by atoms with E-state index in [1.807, 2.05) is 30.5 Å². The predicted octanol–water partition coefficient (Wildman–Crippen LogP) is 5.35. The molecule has 1 aliphatic heterocycles. The van der Waals surface area contributed by atoms with Crippen LogP contribution in [0.1, 0.15) is 22.3 Å². The second kappa shape index (κ2) is 10.5. The van der Waals surface area contributed by atoms with Crippen LogP contribution in [0.4, 0.5) is 11.4 Å². The number of para-hydroxylation sites is 1. The zero-order valence-corrected chi connectivity index (χ0v) is 22.7. The third-order valence-corrected chi connectivity index (χ3v) is 7.57. The van der Waals surface area contributed by atoms with Gasteiger partial charge in [-0.1, -0.05) is 29.8 Å². The normalized spacial score (nSPS) is 15.3. The highest BCUT2D eigenvalue weighted by atomic mass is 127. The van der Waals surface area contributed by atoms with Crippen LogP contribution in [0, 0.1) is 13.7 Å². The first-order valence-electron chi connectivity index (χ1n) is 11.7. The summed E-state index contributed by atoms with van der Waals surface area (Å²) >= 11 is 8.08. The Balaban J connectivity index is 1.49. The molecule has 1 atom stereocenters. The van der Waals surface area contributed by atoms with Gasteiger partial charge in [-0.15, -0.1) is 0 Å². The Morgan fingerprint density at radius 1 is 1.13 bits per heavy atom. The van der Waals surface area contributed by atoms with E-state index in [1.54, 1.807) is 24.3 Å². The number of anilines is 1. The molecule has 38 heavy (non-hydrogen) atoms. The van der Waals surface area contributed by atoms with E-state index in [1.165, 1.54) is 17.0 Å². The van der Waals surface area contributed by atoms with E-state index in [0.717, 1.165) is 31.0 Å². The van der Waals surface area contributed by atoms with Crippen LogP contribution in [0.2, 0.25) is 5.02 Å². The average molecular weight is 643 g/mol. The maximum Gasteiger partial charge on any atom is 0.288 e. The van der Waals surface area contributed by atoms with Crippen molar-refractivity contribution in [3.63, 3.8) is 0 Å². The molecule has 0 radical (unpaired) electrons. The van der Waals surface area contributed by atoms with Crippen LogP contribution in [0.3, 0.4) is 0 Å². The predicted molar refractivity (Wildman–Crippen MR) is 151 cm³/mol. The van der Waals surface area contributed by atoms with Crippen molar-refractivity contribution in [1.82, 2.24) is 9.88 Å². The number of nitrogens with zero attached hydrogens (tertiary/aromatic N) is 3. The molecule has 3 aromatic carbocycles. The Hall–Kier alpha value is -3.77. The number of hydrogen-bond donors (Lipinski definition) is 1. The van der Waals surface area contributed by atoms with Gasteiger partial charge in [-0.25, -0.2) is 4.90 Å². The molecule has 5 rings (SSSR count). The van der Waals surface area contributed by atoms with Crippen LogP contribution in [-0.2, 0) is 16.0 Å². The van der Waals surface area contributed by atoms with Crippen molar-refractivity contribution in [2.24, 2.45) is 0 Å². The number of amides is 3. The number of halogens is 2. The molecular weight excluding hydrogens is 623 g/mol. The molecule has 0 saturated carbocycles. The molecule has 2 heterocycles. The third-order valence-electron chi connectivity index (χ3n) is 6.53. The number of carbonyl (C=O) groups is 3. The van der Waals surface area contributed by atoms with Gasteiger partial charge in [0.15, 0.2) is 0 Å². The Morgan fingerprint density at radius 2 is 1.87 bits per heavy atom. The van der Waals surface area contributed by atoms with Crippen molar-refractivity contribution in [2.75, 3.05) is 11.4 Å². The molecule has 1 unspecified atom stereocenters. The van der Waals surface area contributed by atoms with E-state index in [9.17, 15) is 24.5 Å². The summed E-state index contributed by atoms with van der Waals surface area (Å²) < 4.78 is 0.946. The molecule has 11 heteroatoms. The lowest BCUT2D eigenvalue weighted by Gasteiger charge is -2.28. The number of aromatic amines is 1. The zero-order valence-electron chi connectivity index (χ0n) is 19.8. The maximum atomic E-state index is 13.8. The first kappa shape index (κ1) is 25.9. The van der Waals surface area contributed by atoms with E-state index >= 15 is 0 Å². The molecule has 0 bridgehead atoms. The van der Waals surface area contributed by atoms with Crippen LogP contribution in [-0.4, -0.2) is 45.1 Å². The molecule has 192 valence electrons. The Bertz CT molecular complexity index is 1590. The number of hydrogen-bond acceptors (Lipinski definition) is 5. The monoisotopic (exact) mass is 642 g/mol. The first-order valence-corrected chi connectivity index (χ1v) is 13.1. The van der Waals surface area contributed by atoms with E-state index in [0.29, 0.717) is 12.1 Å². The average Bonchev–Trinajstić information content (AvgIpc) is 3.45. The highest BCUT2D eigenvalue weighted by molar-refractivity contribution is 14.1. The summed E-state index contributed by atoms with van der Waals surface area (Å²) in [4.78, 5) is 56.7. The van der Waals surface area contributed by atoms with Gasteiger partial charge in [-0.05, 0) is 77.0 Å². The number of H-pyrrole nitrogens is 1. The number of aromatic nitrogens is 1. The summed E-state index contributed by atoms with van der Waals surface area (Å²) in [5.74, 6) is -1.54. The van der Waals surface area contributed by atoms with Gasteiger partial charge >= 0.3 is 0 Å². The molecule has 9 nitrogen and oxygen atoms in total. The fourth-order valence-corrected chi connectivity index (χ4v) is 5.20. The molecule has 0 spiro atoms. The van der Waals surface area contributed by atoms with E-state index in [4.69, 9.17) is 11.6 Å². The van der Waals surface area contributed by atoms with E-state index in [2.05, 4.69) is 27.6 Å². The number of benzene rings is 3. The standard InChI is InChI=1S/C27H20ClIN4O5/c28-21-10-5-16(13-23(21)33(37)38)26(35)31(12-11-17-15-30-22-4-2-1-3-20(17)22)24-14-25(34)32(27(24)36)19-8-6-18(29)7-9-19/h1-10,13,15,24,30H,11-12,14H2. The van der Waals surface area contributed by atoms with Gasteiger partial charge in [0.05, 0.1) is 17.0 Å². The van der Waals surface area contributed by atoms with Crippen LogP contribution in [0.15, 0.2) is 72.9 Å². The summed E-state index contributed by atoms with van der Waals surface area (Å²) in [6.07, 6.45) is 2.05. The first-order chi connectivity index (χ1) is 18.2. The van der Waals surface area contributed by atoms with Crippen molar-refractivity contribution < 1.29 is 19.3 Å². The maximum absolute atomic E-state index is 13.8. The summed E-state index contributed by atoms with van der Waals surface area (Å²) in [7, 11) is 0. The fourth-order valence-electron chi connectivity index (χ4n) is 4.65. The summed E-state index contributed by atoms with van der Waals surface area (Å²) in [5, 5.41) is 12.3. The summed E-state index contributed by atoms with van der Waals surface area (Å²) in [6, 6.07) is 17.4. The minimum atomic E-state index is -1.06. The van der Waals surface area contributed by atoms with Gasteiger partial charge in [0, 0.05) is 38.8 Å². The highest BCUT2D eigenvalue weighted by Crippen LogP contribution is 2.30. The van der Waals surface area contributed by atoms with Gasteiger partial charge < -0.3 is 9.88 Å². The topological polar surface area (TPSA) is 117 Å². The fraction of sp³-hybridized carbons (Fsp3) is 0.148. The number of carbonyl (C=O) groups excluding carboxylic acids is 3. The number of fused-ring (bicyclic) bond motifs is 1. The van der Waals surface area contributed by atoms with Gasteiger partial charge in [0.1, 0.15) is 11.1 Å². The molecule has 1 fully saturated rings. The molecule has 1 N–H and O–H groups in total. The molecular formula is C27H20ClIN4O5. The lowest BCUT2D eigenvalue weighted by molar-refractivity contribution is -0.384. The van der Waals surface area contributed by atoms with Crippen LogP contribution in [0.5, 0.6) is 0 Å². The third kappa shape index (κ3) is 4.88. The van der Waals surface area contributed by atoms with Crippen molar-refractivity contribution in [3.8, 4) is 0 Å². The lowest BCUT2D eigenvalue weighted by Crippen LogP contribution is -2.46. The number of nitrogens with one attached hydrogen (secondary N) is 1. The molecule has 1 aromatic heterocycles. The Kier molecular flexibility index (Phi) is 7.17. The van der Waals surface area contributed by atoms with E-state index in [-0.39, 0.29) is 23.6 Å². The van der Waals surface area contributed by atoms with Crippen molar-refractivity contribution >= 4 is 74.2 Å². The van der Waals surface area contributed by atoms with Gasteiger partial charge in [0.25, 0.3) is 17.5 Å². The second-order valence-electron chi connectivity index (χ2n) is 8.80. The lowest BCUT2D eigenvalue weighted by atomic mass is 10.1. The van der Waals surface area contributed by atoms with Gasteiger partial charge in [0.2, 0.25) is 5.91 Å². The van der Waals surface area contributed by atoms with E-state index < -0.39 is 34.4 Å². The Morgan fingerprint density at radius 3 is 2.61 bits per heavy atom. The van der Waals surface area contributed by atoms with Gasteiger partial charge in [-0.2, -0.15) is 0 Å². The van der Waals surface area contributed by atoms with Crippen molar-refractivity contribution in [3.05, 3.63) is 103 Å². The summed E-state index contributed by atoms with van der Waals surface area (Å²) in [6.45, 7) is 0.112. The molecule has 1 saturated heterocycles.